The third-order valence-electron chi connectivity index (χ3n) is 4.12. The van der Waals surface area contributed by atoms with Crippen molar-refractivity contribution >= 4 is 0 Å². The van der Waals surface area contributed by atoms with Crippen LogP contribution in [0.5, 0.6) is 0 Å². The first-order valence-corrected chi connectivity index (χ1v) is 6.40. The molecule has 1 aliphatic heterocycles. The molecule has 0 amide bonds. The molecule has 0 aromatic heterocycles. The largest absolute Gasteiger partial charge is 0.378 e. The Kier molecular flexibility index (Phi) is 3.09. The van der Waals surface area contributed by atoms with Gasteiger partial charge in [0.05, 0.1) is 6.10 Å². The molecule has 2 aliphatic rings. The van der Waals surface area contributed by atoms with Gasteiger partial charge in [-0.05, 0) is 50.4 Å². The second-order valence-corrected chi connectivity index (χ2v) is 6.38. The van der Waals surface area contributed by atoms with Crippen molar-refractivity contribution in [2.45, 2.75) is 70.4 Å². The molecule has 0 spiro atoms. The summed E-state index contributed by atoms with van der Waals surface area (Å²) in [5, 5.41) is 0. The van der Waals surface area contributed by atoms with E-state index in [-0.39, 0.29) is 5.54 Å². The van der Waals surface area contributed by atoms with Gasteiger partial charge >= 0.3 is 0 Å². The molecule has 0 radical (unpaired) electrons. The second-order valence-electron chi connectivity index (χ2n) is 6.38. The average Bonchev–Trinajstić information content (AvgIpc) is 2.71. The van der Waals surface area contributed by atoms with Crippen LogP contribution in [0.3, 0.4) is 0 Å². The van der Waals surface area contributed by atoms with Crippen LogP contribution < -0.4 is 5.73 Å². The summed E-state index contributed by atoms with van der Waals surface area (Å²) in [7, 11) is 0. The minimum atomic E-state index is 0.107. The number of ether oxygens (including phenoxy) is 1. The highest BCUT2D eigenvalue weighted by molar-refractivity contribution is 4.97. The van der Waals surface area contributed by atoms with E-state index in [4.69, 9.17) is 10.5 Å². The van der Waals surface area contributed by atoms with Gasteiger partial charge in [0.15, 0.2) is 0 Å². The molecule has 2 fully saturated rings. The maximum Gasteiger partial charge on any atom is 0.0576 e. The minimum absolute atomic E-state index is 0.107. The van der Waals surface area contributed by atoms with Crippen molar-refractivity contribution < 1.29 is 4.74 Å². The molecule has 1 heterocycles. The van der Waals surface area contributed by atoms with E-state index < -0.39 is 0 Å². The number of rotatable bonds is 3. The summed E-state index contributed by atoms with van der Waals surface area (Å²) < 4.78 is 5.65. The molecule has 0 aromatic rings. The lowest BCUT2D eigenvalue weighted by molar-refractivity contribution is 0.0953. The molecule has 2 unspecified atom stereocenters. The van der Waals surface area contributed by atoms with Gasteiger partial charge in [-0.2, -0.15) is 0 Å². The van der Waals surface area contributed by atoms with Crippen LogP contribution in [-0.4, -0.2) is 18.2 Å². The van der Waals surface area contributed by atoms with E-state index in [1.165, 1.54) is 38.5 Å². The van der Waals surface area contributed by atoms with Gasteiger partial charge in [0.2, 0.25) is 0 Å². The summed E-state index contributed by atoms with van der Waals surface area (Å²) in [5.74, 6) is 0. The van der Waals surface area contributed by atoms with Crippen molar-refractivity contribution in [3.05, 3.63) is 0 Å². The topological polar surface area (TPSA) is 35.2 Å². The van der Waals surface area contributed by atoms with Crippen molar-refractivity contribution in [3.63, 3.8) is 0 Å². The molecule has 2 N–H and O–H groups in total. The Balaban J connectivity index is 1.78. The second kappa shape index (κ2) is 4.06. The first-order chi connectivity index (χ1) is 6.99. The highest BCUT2D eigenvalue weighted by Gasteiger charge is 2.40. The molecule has 2 rings (SSSR count). The highest BCUT2D eigenvalue weighted by atomic mass is 16.5. The molecule has 0 bridgehead atoms. The van der Waals surface area contributed by atoms with Crippen molar-refractivity contribution in [2.75, 3.05) is 6.61 Å². The number of hydrogen-bond acceptors (Lipinski definition) is 2. The molecule has 1 saturated carbocycles. The van der Waals surface area contributed by atoms with E-state index in [1.54, 1.807) is 0 Å². The average molecular weight is 211 g/mol. The zero-order valence-electron chi connectivity index (χ0n) is 10.2. The monoisotopic (exact) mass is 211 g/mol. The van der Waals surface area contributed by atoms with Crippen molar-refractivity contribution in [1.29, 1.82) is 0 Å². The molecule has 1 saturated heterocycles. The lowest BCUT2D eigenvalue weighted by Gasteiger charge is -2.27. The van der Waals surface area contributed by atoms with Crippen LogP contribution in [0, 0.1) is 5.41 Å². The number of hydrogen-bond donors (Lipinski definition) is 1. The predicted octanol–water partition coefficient (Wildman–Crippen LogP) is 2.85. The van der Waals surface area contributed by atoms with E-state index in [1.807, 2.05) is 0 Å². The molecule has 88 valence electrons. The van der Waals surface area contributed by atoms with Gasteiger partial charge in [-0.15, -0.1) is 0 Å². The first-order valence-electron chi connectivity index (χ1n) is 6.40. The Labute approximate surface area is 93.6 Å². The van der Waals surface area contributed by atoms with Crippen LogP contribution >= 0.6 is 0 Å². The standard InChI is InChI=1S/C13H25NO/c1-12(2)7-8-13(14,10-12)6-5-11-4-3-9-15-11/h11H,3-10,14H2,1-2H3. The molecule has 2 heteroatoms. The van der Waals surface area contributed by atoms with Crippen molar-refractivity contribution in [2.24, 2.45) is 11.1 Å². The predicted molar refractivity (Wildman–Crippen MR) is 62.8 cm³/mol. The smallest absolute Gasteiger partial charge is 0.0576 e. The van der Waals surface area contributed by atoms with Crippen LogP contribution in [0.1, 0.15) is 58.8 Å². The molecule has 1 aliphatic carbocycles. The van der Waals surface area contributed by atoms with Gasteiger partial charge in [0.1, 0.15) is 0 Å². The normalized spacial score (nSPS) is 39.8. The summed E-state index contributed by atoms with van der Waals surface area (Å²) in [4.78, 5) is 0. The maximum absolute atomic E-state index is 6.46. The third kappa shape index (κ3) is 2.94. The SMILES string of the molecule is CC1(C)CCC(N)(CCC2CCCO2)C1. The van der Waals surface area contributed by atoms with Crippen LogP contribution in [0.15, 0.2) is 0 Å². The molecular weight excluding hydrogens is 186 g/mol. The summed E-state index contributed by atoms with van der Waals surface area (Å²) in [6.45, 7) is 5.65. The Morgan fingerprint density at radius 2 is 2.13 bits per heavy atom. The van der Waals surface area contributed by atoms with Crippen LogP contribution in [0.2, 0.25) is 0 Å². The van der Waals surface area contributed by atoms with Crippen LogP contribution in [0.4, 0.5) is 0 Å². The zero-order valence-corrected chi connectivity index (χ0v) is 10.2. The quantitative estimate of drug-likeness (QED) is 0.779. The molecular formula is C13H25NO. The van der Waals surface area contributed by atoms with E-state index in [2.05, 4.69) is 13.8 Å². The van der Waals surface area contributed by atoms with Crippen LogP contribution in [0.25, 0.3) is 0 Å². The summed E-state index contributed by atoms with van der Waals surface area (Å²) in [5.41, 5.74) is 7.03. The Hall–Kier alpha value is -0.0800. The minimum Gasteiger partial charge on any atom is -0.378 e. The third-order valence-corrected chi connectivity index (χ3v) is 4.12. The lowest BCUT2D eigenvalue weighted by atomic mass is 9.85. The molecule has 2 nitrogen and oxygen atoms in total. The van der Waals surface area contributed by atoms with Gasteiger partial charge in [0.25, 0.3) is 0 Å². The summed E-state index contributed by atoms with van der Waals surface area (Å²) in [6.07, 6.45) is 9.00. The highest BCUT2D eigenvalue weighted by Crippen LogP contribution is 2.44. The fraction of sp³-hybridized carbons (Fsp3) is 1.00. The van der Waals surface area contributed by atoms with Gasteiger partial charge in [-0.3, -0.25) is 0 Å². The summed E-state index contributed by atoms with van der Waals surface area (Å²) >= 11 is 0. The Morgan fingerprint density at radius 1 is 1.33 bits per heavy atom. The summed E-state index contributed by atoms with van der Waals surface area (Å²) in [6, 6.07) is 0. The molecule has 0 aromatic carbocycles. The number of nitrogens with two attached hydrogens (primary N) is 1. The van der Waals surface area contributed by atoms with E-state index >= 15 is 0 Å². The zero-order chi connectivity index (χ0) is 10.9. The van der Waals surface area contributed by atoms with E-state index in [9.17, 15) is 0 Å². The van der Waals surface area contributed by atoms with E-state index in [0.29, 0.717) is 11.5 Å². The molecule has 2 atom stereocenters. The maximum atomic E-state index is 6.46. The van der Waals surface area contributed by atoms with Gasteiger partial charge in [0, 0.05) is 12.1 Å². The molecule has 15 heavy (non-hydrogen) atoms. The Bertz CT molecular complexity index is 221. The van der Waals surface area contributed by atoms with Gasteiger partial charge in [-0.1, -0.05) is 13.8 Å². The Morgan fingerprint density at radius 3 is 2.67 bits per heavy atom. The van der Waals surface area contributed by atoms with E-state index in [0.717, 1.165) is 13.0 Å². The fourth-order valence-corrected chi connectivity index (χ4v) is 3.25. The van der Waals surface area contributed by atoms with Crippen LogP contribution in [-0.2, 0) is 4.74 Å². The van der Waals surface area contributed by atoms with Gasteiger partial charge in [-0.25, -0.2) is 0 Å². The fourth-order valence-electron chi connectivity index (χ4n) is 3.25. The van der Waals surface area contributed by atoms with Crippen molar-refractivity contribution in [1.82, 2.24) is 0 Å². The van der Waals surface area contributed by atoms with Gasteiger partial charge < -0.3 is 10.5 Å². The first kappa shape index (κ1) is 11.4. The lowest BCUT2D eigenvalue weighted by Crippen LogP contribution is -2.38. The van der Waals surface area contributed by atoms with Crippen molar-refractivity contribution in [3.8, 4) is 0 Å².